The van der Waals surface area contributed by atoms with Gasteiger partial charge < -0.3 is 10.1 Å². The van der Waals surface area contributed by atoms with Crippen LogP contribution in [0.4, 0.5) is 11.4 Å². The van der Waals surface area contributed by atoms with Crippen LogP contribution in [0, 0.1) is 0 Å². The topological polar surface area (TPSA) is 95.7 Å². The smallest absolute Gasteiger partial charge is 0.282 e. The van der Waals surface area contributed by atoms with E-state index in [2.05, 4.69) is 20.6 Å². The number of hydrazone groups is 1. The molecule has 2 amide bonds. The van der Waals surface area contributed by atoms with E-state index in [9.17, 15) is 9.59 Å². The highest BCUT2D eigenvalue weighted by atomic mass is 16.5. The number of amidine groups is 1. The van der Waals surface area contributed by atoms with Gasteiger partial charge in [-0.15, -0.1) is 5.10 Å². The summed E-state index contributed by atoms with van der Waals surface area (Å²) in [5, 5.41) is 16.1. The zero-order valence-corrected chi connectivity index (χ0v) is 14.3. The van der Waals surface area contributed by atoms with Gasteiger partial charge in [0.2, 0.25) is 11.9 Å². The maximum absolute atomic E-state index is 12.7. The molecule has 1 N–H and O–H groups in total. The molecule has 1 atom stereocenters. The number of rotatable bonds is 4. The van der Waals surface area contributed by atoms with E-state index in [1.54, 1.807) is 55.6 Å². The highest BCUT2D eigenvalue weighted by Gasteiger charge is 2.37. The van der Waals surface area contributed by atoms with Crippen LogP contribution in [-0.4, -0.2) is 30.8 Å². The lowest BCUT2D eigenvalue weighted by atomic mass is 10.2. The normalized spacial score (nSPS) is 16.7. The van der Waals surface area contributed by atoms with Crippen molar-refractivity contribution in [1.82, 2.24) is 5.32 Å². The van der Waals surface area contributed by atoms with Crippen LogP contribution in [0.1, 0.15) is 6.92 Å². The Hall–Kier alpha value is -3.55. The Morgan fingerprint density at radius 2 is 1.85 bits per heavy atom. The van der Waals surface area contributed by atoms with Crippen molar-refractivity contribution in [1.29, 1.82) is 0 Å². The van der Waals surface area contributed by atoms with Gasteiger partial charge in [-0.05, 0) is 36.4 Å². The number of amides is 2. The van der Waals surface area contributed by atoms with Crippen molar-refractivity contribution in [2.45, 2.75) is 13.0 Å². The molecule has 0 fully saturated rings. The number of azo groups is 1. The van der Waals surface area contributed by atoms with Crippen molar-refractivity contribution in [2.75, 3.05) is 12.1 Å². The molecule has 8 nitrogen and oxygen atoms in total. The summed E-state index contributed by atoms with van der Waals surface area (Å²) in [7, 11) is 1.57. The van der Waals surface area contributed by atoms with Crippen LogP contribution in [-0.2, 0) is 9.59 Å². The molecule has 0 unspecified atom stereocenters. The van der Waals surface area contributed by atoms with Crippen LogP contribution in [0.15, 0.2) is 69.9 Å². The van der Waals surface area contributed by atoms with Crippen LogP contribution < -0.4 is 15.1 Å². The van der Waals surface area contributed by atoms with Gasteiger partial charge in [-0.1, -0.05) is 18.2 Å². The minimum atomic E-state index is -1.01. The van der Waals surface area contributed by atoms with E-state index in [4.69, 9.17) is 4.74 Å². The minimum absolute atomic E-state index is 0.142. The third-order valence-corrected chi connectivity index (χ3v) is 3.58. The van der Waals surface area contributed by atoms with Gasteiger partial charge in [0.1, 0.15) is 5.75 Å². The zero-order valence-electron chi connectivity index (χ0n) is 14.3. The summed E-state index contributed by atoms with van der Waals surface area (Å²) >= 11 is 0. The molecular formula is C18H17N5O3. The number of nitrogens with one attached hydrogen (secondary N) is 1. The predicted molar refractivity (Wildman–Crippen MR) is 96.5 cm³/mol. The first-order valence-corrected chi connectivity index (χ1v) is 7.88. The summed E-state index contributed by atoms with van der Waals surface area (Å²) in [6, 6.07) is 14.8. The van der Waals surface area contributed by atoms with Crippen LogP contribution in [0.2, 0.25) is 0 Å². The van der Waals surface area contributed by atoms with E-state index in [1.807, 2.05) is 6.07 Å². The Morgan fingerprint density at radius 1 is 1.15 bits per heavy atom. The van der Waals surface area contributed by atoms with Crippen molar-refractivity contribution < 1.29 is 14.3 Å². The number of ether oxygens (including phenoxy) is 1. The summed E-state index contributed by atoms with van der Waals surface area (Å²) in [4.78, 5) is 24.1. The van der Waals surface area contributed by atoms with Gasteiger partial charge in [-0.3, -0.25) is 9.59 Å². The van der Waals surface area contributed by atoms with Gasteiger partial charge >= 0.3 is 0 Å². The first-order valence-electron chi connectivity index (χ1n) is 7.88. The molecule has 0 saturated carbocycles. The lowest BCUT2D eigenvalue weighted by Gasteiger charge is -2.11. The SMILES string of the molecule is COc1ccc(N=N[C@H]2C(=O)N(c3ccccc3)N=C2NC(C)=O)cc1. The maximum atomic E-state index is 12.7. The number of para-hydroxylation sites is 1. The average molecular weight is 351 g/mol. The number of anilines is 1. The molecule has 2 aromatic rings. The molecule has 0 spiro atoms. The van der Waals surface area contributed by atoms with Crippen molar-refractivity contribution >= 4 is 29.0 Å². The molecule has 0 aromatic heterocycles. The number of hydrogen-bond donors (Lipinski definition) is 1. The Balaban J connectivity index is 1.86. The van der Waals surface area contributed by atoms with Gasteiger partial charge in [0.15, 0.2) is 5.84 Å². The van der Waals surface area contributed by atoms with Gasteiger partial charge in [0.25, 0.3) is 5.91 Å². The second-order valence-corrected chi connectivity index (χ2v) is 5.47. The Bertz CT molecular complexity index is 862. The molecule has 1 heterocycles. The van der Waals surface area contributed by atoms with Crippen molar-refractivity contribution in [2.24, 2.45) is 15.3 Å². The van der Waals surface area contributed by atoms with E-state index < -0.39 is 11.9 Å². The van der Waals surface area contributed by atoms with Crippen LogP contribution in [0.5, 0.6) is 5.75 Å². The summed E-state index contributed by atoms with van der Waals surface area (Å²) in [5.41, 5.74) is 1.14. The number of carbonyl (C=O) groups is 2. The molecular weight excluding hydrogens is 334 g/mol. The summed E-state index contributed by atoms with van der Waals surface area (Å²) in [5.74, 6) is 0.105. The number of carbonyl (C=O) groups excluding carboxylic acids is 2. The van der Waals surface area contributed by atoms with Gasteiger partial charge in [-0.2, -0.15) is 15.2 Å². The zero-order chi connectivity index (χ0) is 18.5. The van der Waals surface area contributed by atoms with E-state index in [-0.39, 0.29) is 11.7 Å². The molecule has 2 aromatic carbocycles. The summed E-state index contributed by atoms with van der Waals surface area (Å²) in [6.45, 7) is 1.34. The monoisotopic (exact) mass is 351 g/mol. The first kappa shape index (κ1) is 17.3. The largest absolute Gasteiger partial charge is 0.497 e. The molecule has 8 heteroatoms. The van der Waals surface area contributed by atoms with Crippen LogP contribution in [0.25, 0.3) is 0 Å². The number of nitrogens with zero attached hydrogens (tertiary/aromatic N) is 4. The highest BCUT2D eigenvalue weighted by molar-refractivity contribution is 6.21. The van der Waals surface area contributed by atoms with E-state index in [1.165, 1.54) is 11.9 Å². The number of hydrogen-bond acceptors (Lipinski definition) is 6. The molecule has 3 rings (SSSR count). The van der Waals surface area contributed by atoms with Crippen molar-refractivity contribution in [3.8, 4) is 5.75 Å². The number of methoxy groups -OCH3 is 1. The summed E-state index contributed by atoms with van der Waals surface area (Å²) < 4.78 is 5.09. The second-order valence-electron chi connectivity index (χ2n) is 5.47. The van der Waals surface area contributed by atoms with E-state index in [0.29, 0.717) is 17.1 Å². The second kappa shape index (κ2) is 7.56. The molecule has 0 saturated heterocycles. The molecule has 0 aliphatic carbocycles. The lowest BCUT2D eigenvalue weighted by Crippen LogP contribution is -2.38. The molecule has 0 bridgehead atoms. The predicted octanol–water partition coefficient (Wildman–Crippen LogP) is 2.64. The van der Waals surface area contributed by atoms with Gasteiger partial charge in [0, 0.05) is 6.92 Å². The molecule has 1 aliphatic rings. The third kappa shape index (κ3) is 3.75. The van der Waals surface area contributed by atoms with Crippen molar-refractivity contribution in [3.05, 3.63) is 54.6 Å². The molecule has 0 radical (unpaired) electrons. The first-order chi connectivity index (χ1) is 12.6. The van der Waals surface area contributed by atoms with Gasteiger partial charge in [-0.25, -0.2) is 0 Å². The summed E-state index contributed by atoms with van der Waals surface area (Å²) in [6.07, 6.45) is 0. The molecule has 132 valence electrons. The Labute approximate surface area is 150 Å². The Morgan fingerprint density at radius 3 is 2.46 bits per heavy atom. The van der Waals surface area contributed by atoms with Crippen molar-refractivity contribution in [3.63, 3.8) is 0 Å². The fourth-order valence-electron chi connectivity index (χ4n) is 2.35. The standard InChI is InChI=1S/C18H17N5O3/c1-12(24)19-17-16(21-20-13-8-10-15(26-2)11-9-13)18(25)23(22-17)14-6-4-3-5-7-14/h3-11,16H,1-2H3,(H,19,22,24)/t16-/m1/s1. The molecule has 1 aliphatic heterocycles. The fourth-order valence-corrected chi connectivity index (χ4v) is 2.35. The molecule has 26 heavy (non-hydrogen) atoms. The van der Waals surface area contributed by atoms with Crippen LogP contribution >= 0.6 is 0 Å². The van der Waals surface area contributed by atoms with E-state index >= 15 is 0 Å². The fraction of sp³-hybridized carbons (Fsp3) is 0.167. The third-order valence-electron chi connectivity index (χ3n) is 3.58. The average Bonchev–Trinajstić information content (AvgIpc) is 2.96. The van der Waals surface area contributed by atoms with Crippen LogP contribution in [0.3, 0.4) is 0 Å². The van der Waals surface area contributed by atoms with E-state index in [0.717, 1.165) is 0 Å². The highest BCUT2D eigenvalue weighted by Crippen LogP contribution is 2.23. The number of benzene rings is 2. The maximum Gasteiger partial charge on any atom is 0.282 e. The quantitative estimate of drug-likeness (QED) is 0.858. The lowest BCUT2D eigenvalue weighted by molar-refractivity contribution is -0.117. The Kier molecular flexibility index (Phi) is 5.02. The van der Waals surface area contributed by atoms with Gasteiger partial charge in [0.05, 0.1) is 18.5 Å². The minimum Gasteiger partial charge on any atom is -0.497 e.